The number of aromatic nitrogens is 1. The number of thiazole rings is 1. The van der Waals surface area contributed by atoms with Crippen LogP contribution < -0.4 is 10.2 Å². The van der Waals surface area contributed by atoms with Crippen molar-refractivity contribution in [2.75, 3.05) is 45.9 Å². The summed E-state index contributed by atoms with van der Waals surface area (Å²) in [6, 6.07) is 14.4. The van der Waals surface area contributed by atoms with Crippen LogP contribution in [0.5, 0.6) is 5.75 Å². The van der Waals surface area contributed by atoms with Crippen molar-refractivity contribution >= 4 is 27.3 Å². The molecule has 1 saturated heterocycles. The summed E-state index contributed by atoms with van der Waals surface area (Å²) in [6.07, 6.45) is 1.69. The molecule has 0 saturated carbocycles. The number of aliphatic hydroxyl groups is 1. The highest BCUT2D eigenvalue weighted by Gasteiger charge is 2.24. The molecule has 2 aromatic carbocycles. The average Bonchev–Trinajstić information content (AvgIpc) is 3.44. The lowest BCUT2D eigenvalue weighted by Gasteiger charge is -2.36. The van der Waals surface area contributed by atoms with E-state index in [0.717, 1.165) is 65.0 Å². The second kappa shape index (κ2) is 10.4. The van der Waals surface area contributed by atoms with Crippen molar-refractivity contribution in [3.05, 3.63) is 64.7 Å². The van der Waals surface area contributed by atoms with Gasteiger partial charge in [-0.2, -0.15) is 0 Å². The average molecular weight is 481 g/mol. The molecule has 0 spiro atoms. The summed E-state index contributed by atoms with van der Waals surface area (Å²) in [7, 11) is 0. The van der Waals surface area contributed by atoms with Gasteiger partial charge >= 0.3 is 0 Å². The minimum Gasteiger partial charge on any atom is -0.491 e. The summed E-state index contributed by atoms with van der Waals surface area (Å²) in [5.41, 5.74) is 7.47. The van der Waals surface area contributed by atoms with Gasteiger partial charge in [-0.05, 0) is 37.6 Å². The Kier molecular flexibility index (Phi) is 7.12. The highest BCUT2D eigenvalue weighted by atomic mass is 32.1. The van der Waals surface area contributed by atoms with Crippen LogP contribution in [0.4, 0.5) is 0 Å². The third kappa shape index (κ3) is 5.76. The van der Waals surface area contributed by atoms with E-state index in [1.54, 1.807) is 11.3 Å². The van der Waals surface area contributed by atoms with Gasteiger partial charge in [0.1, 0.15) is 24.6 Å². The number of hydroxylamine groups is 1. The molecule has 0 bridgehead atoms. The normalized spacial score (nSPS) is 20.3. The van der Waals surface area contributed by atoms with Gasteiger partial charge in [-0.15, -0.1) is 11.3 Å². The summed E-state index contributed by atoms with van der Waals surface area (Å²) < 4.78 is 6.99. The number of fused-ring (bicyclic) bond motifs is 1. The topological polar surface area (TPSA) is 70.1 Å². The number of ether oxygens (including phenoxy) is 1. The zero-order valence-electron chi connectivity index (χ0n) is 19.7. The van der Waals surface area contributed by atoms with Crippen molar-refractivity contribution in [1.29, 1.82) is 0 Å². The first-order chi connectivity index (χ1) is 16.5. The first kappa shape index (κ1) is 23.3. The number of piperazine rings is 1. The number of hydrogen-bond acceptors (Lipinski definition) is 8. The van der Waals surface area contributed by atoms with Crippen molar-refractivity contribution in [3.63, 3.8) is 0 Å². The molecule has 2 aliphatic rings. The SMILES string of the molecule is Cc1ccc(C2=CC(CN3CCN(C[C@@H](O)COc4ccc5sc(C)nc5c4)CC3)ON2)cc1. The van der Waals surface area contributed by atoms with Gasteiger partial charge in [0.15, 0.2) is 0 Å². The Morgan fingerprint density at radius 2 is 1.88 bits per heavy atom. The highest BCUT2D eigenvalue weighted by molar-refractivity contribution is 7.18. The van der Waals surface area contributed by atoms with Gasteiger partial charge in [-0.1, -0.05) is 29.8 Å². The monoisotopic (exact) mass is 480 g/mol. The van der Waals surface area contributed by atoms with Crippen LogP contribution in [0.1, 0.15) is 16.1 Å². The second-order valence-corrected chi connectivity index (χ2v) is 10.4. The second-order valence-electron chi connectivity index (χ2n) is 9.13. The lowest BCUT2D eigenvalue weighted by Crippen LogP contribution is -2.50. The number of benzene rings is 2. The van der Waals surface area contributed by atoms with Gasteiger partial charge in [-0.3, -0.25) is 20.1 Å². The van der Waals surface area contributed by atoms with Gasteiger partial charge in [0.25, 0.3) is 0 Å². The molecule has 2 atom stereocenters. The third-order valence-electron chi connectivity index (χ3n) is 6.32. The fourth-order valence-electron chi connectivity index (χ4n) is 4.44. The number of β-amino-alcohol motifs (C(OH)–C–C–N with tert-alkyl or cyclic N) is 1. The third-order valence-corrected chi connectivity index (χ3v) is 7.27. The molecule has 1 fully saturated rings. The van der Waals surface area contributed by atoms with Crippen LogP contribution in [0.25, 0.3) is 15.9 Å². The Morgan fingerprint density at radius 1 is 1.12 bits per heavy atom. The van der Waals surface area contributed by atoms with Crippen LogP contribution in [0.3, 0.4) is 0 Å². The molecule has 2 N–H and O–H groups in total. The predicted molar refractivity (Wildman–Crippen MR) is 136 cm³/mol. The molecule has 1 unspecified atom stereocenters. The molecule has 7 nitrogen and oxygen atoms in total. The van der Waals surface area contributed by atoms with Crippen LogP contribution in [0, 0.1) is 13.8 Å². The summed E-state index contributed by atoms with van der Waals surface area (Å²) in [5, 5.41) is 11.5. The van der Waals surface area contributed by atoms with Gasteiger partial charge in [0, 0.05) is 45.3 Å². The van der Waals surface area contributed by atoms with Gasteiger partial charge in [-0.25, -0.2) is 4.98 Å². The largest absolute Gasteiger partial charge is 0.491 e. The van der Waals surface area contributed by atoms with Gasteiger partial charge in [0.2, 0.25) is 0 Å². The van der Waals surface area contributed by atoms with Crippen LogP contribution in [0.2, 0.25) is 0 Å². The minimum atomic E-state index is -0.526. The van der Waals surface area contributed by atoms with E-state index in [-0.39, 0.29) is 12.7 Å². The molecule has 180 valence electrons. The van der Waals surface area contributed by atoms with E-state index in [4.69, 9.17) is 9.57 Å². The lowest BCUT2D eigenvalue weighted by molar-refractivity contribution is 0.00792. The van der Waals surface area contributed by atoms with Crippen LogP contribution in [-0.4, -0.2) is 78.0 Å². The zero-order chi connectivity index (χ0) is 23.5. The smallest absolute Gasteiger partial charge is 0.121 e. The van der Waals surface area contributed by atoms with Crippen molar-refractivity contribution in [3.8, 4) is 5.75 Å². The molecule has 5 rings (SSSR count). The van der Waals surface area contributed by atoms with Gasteiger partial charge < -0.3 is 9.84 Å². The Labute approximate surface area is 204 Å². The van der Waals surface area contributed by atoms with E-state index >= 15 is 0 Å². The van der Waals surface area contributed by atoms with E-state index in [9.17, 15) is 5.11 Å². The van der Waals surface area contributed by atoms with Crippen LogP contribution in [0.15, 0.2) is 48.5 Å². The number of nitrogens with one attached hydrogen (secondary N) is 1. The van der Waals surface area contributed by atoms with E-state index < -0.39 is 6.10 Å². The number of nitrogens with zero attached hydrogens (tertiary/aromatic N) is 3. The molecule has 8 heteroatoms. The van der Waals surface area contributed by atoms with Crippen molar-refractivity contribution < 1.29 is 14.7 Å². The first-order valence-electron chi connectivity index (χ1n) is 11.8. The summed E-state index contributed by atoms with van der Waals surface area (Å²) in [6.45, 7) is 9.63. The molecule has 0 aliphatic carbocycles. The van der Waals surface area contributed by atoms with Crippen molar-refractivity contribution in [1.82, 2.24) is 20.3 Å². The molecule has 1 aromatic heterocycles. The Hall–Kier alpha value is -2.49. The highest BCUT2D eigenvalue weighted by Crippen LogP contribution is 2.25. The van der Waals surface area contributed by atoms with Crippen molar-refractivity contribution in [2.45, 2.75) is 26.1 Å². The first-order valence-corrected chi connectivity index (χ1v) is 12.7. The fourth-order valence-corrected chi connectivity index (χ4v) is 5.24. The van der Waals surface area contributed by atoms with Crippen molar-refractivity contribution in [2.24, 2.45) is 0 Å². The number of rotatable bonds is 8. The Bertz CT molecular complexity index is 1140. The molecule has 2 aliphatic heterocycles. The van der Waals surface area contributed by atoms with E-state index in [0.29, 0.717) is 6.54 Å². The van der Waals surface area contributed by atoms with E-state index in [1.807, 2.05) is 25.1 Å². The van der Waals surface area contributed by atoms with Gasteiger partial charge in [0.05, 0.1) is 20.9 Å². The van der Waals surface area contributed by atoms with Crippen LogP contribution in [-0.2, 0) is 4.84 Å². The fraction of sp³-hybridized carbons (Fsp3) is 0.423. The quantitative estimate of drug-likeness (QED) is 0.513. The summed E-state index contributed by atoms with van der Waals surface area (Å²) in [4.78, 5) is 15.0. The maximum atomic E-state index is 10.5. The standard InChI is InChI=1S/C26H32N4O3S/c1-18-3-5-20(6-4-18)24-14-23(33-28-24)16-30-11-9-29(10-12-30)15-21(31)17-32-22-7-8-26-25(13-22)27-19(2)34-26/h3-8,13-14,21,23,28,31H,9-12,15-17H2,1-2H3/t21-,23?/m1/s1. The molecular weight excluding hydrogens is 448 g/mol. The Morgan fingerprint density at radius 3 is 2.68 bits per heavy atom. The zero-order valence-corrected chi connectivity index (χ0v) is 20.6. The molecular formula is C26H32N4O3S. The molecule has 0 radical (unpaired) electrons. The maximum Gasteiger partial charge on any atom is 0.121 e. The molecule has 0 amide bonds. The summed E-state index contributed by atoms with van der Waals surface area (Å²) >= 11 is 1.68. The Balaban J connectivity index is 1.04. The predicted octanol–water partition coefficient (Wildman–Crippen LogP) is 3.21. The van der Waals surface area contributed by atoms with E-state index in [1.165, 1.54) is 5.56 Å². The lowest BCUT2D eigenvalue weighted by atomic mass is 10.1. The number of aryl methyl sites for hydroxylation is 2. The van der Waals surface area contributed by atoms with E-state index in [2.05, 4.69) is 57.5 Å². The molecule has 3 heterocycles. The molecule has 34 heavy (non-hydrogen) atoms. The number of aliphatic hydroxyl groups excluding tert-OH is 1. The minimum absolute atomic E-state index is 0.0423. The van der Waals surface area contributed by atoms with Crippen LogP contribution >= 0.6 is 11.3 Å². The maximum absolute atomic E-state index is 10.5. The number of hydrogen-bond donors (Lipinski definition) is 2. The summed E-state index contributed by atoms with van der Waals surface area (Å²) in [5.74, 6) is 0.755. The molecule has 3 aromatic rings.